The lowest BCUT2D eigenvalue weighted by Crippen LogP contribution is -2.05. The second kappa shape index (κ2) is 6.31. The van der Waals surface area contributed by atoms with Gasteiger partial charge in [-0.05, 0) is 42.8 Å². The molecule has 0 radical (unpaired) electrons. The van der Waals surface area contributed by atoms with Crippen LogP contribution in [0.2, 0.25) is 0 Å². The summed E-state index contributed by atoms with van der Waals surface area (Å²) in [6.45, 7) is 1.72. The zero-order valence-electron chi connectivity index (χ0n) is 11.6. The van der Waals surface area contributed by atoms with Crippen LogP contribution in [0, 0.1) is 11.3 Å². The van der Waals surface area contributed by atoms with Crippen LogP contribution in [0.3, 0.4) is 0 Å². The molecule has 3 nitrogen and oxygen atoms in total. The molecule has 0 aliphatic rings. The van der Waals surface area contributed by atoms with Crippen molar-refractivity contribution < 1.29 is 13.2 Å². The summed E-state index contributed by atoms with van der Waals surface area (Å²) in [4.78, 5) is 0. The van der Waals surface area contributed by atoms with Crippen LogP contribution in [0.15, 0.2) is 53.6 Å². The molecule has 1 N–H and O–H groups in total. The van der Waals surface area contributed by atoms with Crippen molar-refractivity contribution in [1.82, 2.24) is 0 Å². The highest BCUT2D eigenvalue weighted by Gasteiger charge is 2.30. The number of nitriles is 1. The first kappa shape index (κ1) is 15.6. The zero-order valence-corrected chi connectivity index (χ0v) is 11.6. The summed E-state index contributed by atoms with van der Waals surface area (Å²) in [5.41, 5.74) is 4.03. The van der Waals surface area contributed by atoms with Gasteiger partial charge < -0.3 is 0 Å². The second-order valence-corrected chi connectivity index (χ2v) is 4.58. The predicted molar refractivity (Wildman–Crippen MR) is 78.4 cm³/mol. The van der Waals surface area contributed by atoms with Crippen LogP contribution in [-0.2, 0) is 6.18 Å². The lowest BCUT2D eigenvalue weighted by atomic mass is 10.1. The van der Waals surface area contributed by atoms with E-state index in [0.717, 1.165) is 17.7 Å². The van der Waals surface area contributed by atoms with Crippen LogP contribution in [-0.4, -0.2) is 5.71 Å². The zero-order chi connectivity index (χ0) is 16.2. The fourth-order valence-corrected chi connectivity index (χ4v) is 1.76. The van der Waals surface area contributed by atoms with E-state index in [0.29, 0.717) is 11.3 Å². The molecular formula is C16H12F3N3. The molecule has 0 amide bonds. The van der Waals surface area contributed by atoms with Gasteiger partial charge in [-0.3, -0.25) is 5.43 Å². The number of benzene rings is 2. The minimum Gasteiger partial charge on any atom is -0.278 e. The first-order chi connectivity index (χ1) is 10.4. The maximum Gasteiger partial charge on any atom is 0.416 e. The molecule has 0 aromatic heterocycles. The number of alkyl halides is 3. The average Bonchev–Trinajstić information content (AvgIpc) is 2.52. The van der Waals surface area contributed by atoms with Crippen molar-refractivity contribution in [1.29, 1.82) is 5.26 Å². The maximum atomic E-state index is 12.6. The van der Waals surface area contributed by atoms with Crippen molar-refractivity contribution in [3.05, 3.63) is 65.2 Å². The van der Waals surface area contributed by atoms with Gasteiger partial charge in [-0.2, -0.15) is 23.5 Å². The lowest BCUT2D eigenvalue weighted by Gasteiger charge is -2.09. The number of hydrogen-bond acceptors (Lipinski definition) is 3. The number of hydrazone groups is 1. The summed E-state index contributed by atoms with van der Waals surface area (Å²) in [5, 5.41) is 12.8. The molecule has 0 heterocycles. The molecule has 22 heavy (non-hydrogen) atoms. The van der Waals surface area contributed by atoms with Gasteiger partial charge in [0.1, 0.15) is 0 Å². The van der Waals surface area contributed by atoms with Crippen LogP contribution in [0.4, 0.5) is 18.9 Å². The van der Waals surface area contributed by atoms with Crippen molar-refractivity contribution >= 4 is 11.4 Å². The van der Waals surface area contributed by atoms with Crippen molar-refractivity contribution in [2.75, 3.05) is 5.43 Å². The van der Waals surface area contributed by atoms with E-state index in [4.69, 9.17) is 5.26 Å². The SMILES string of the molecule is C/C(=N\Nc1cccc(C(F)(F)F)c1)c1ccc(C#N)cc1. The molecule has 2 aromatic carbocycles. The highest BCUT2D eigenvalue weighted by Crippen LogP contribution is 2.30. The maximum absolute atomic E-state index is 12.6. The smallest absolute Gasteiger partial charge is 0.278 e. The Morgan fingerprint density at radius 2 is 1.82 bits per heavy atom. The van der Waals surface area contributed by atoms with E-state index in [2.05, 4.69) is 10.5 Å². The first-order valence-corrected chi connectivity index (χ1v) is 6.38. The minimum atomic E-state index is -4.39. The van der Waals surface area contributed by atoms with Crippen LogP contribution < -0.4 is 5.43 Å². The molecule has 0 spiro atoms. The molecule has 6 heteroatoms. The van der Waals surface area contributed by atoms with E-state index >= 15 is 0 Å². The molecule has 2 aromatic rings. The predicted octanol–water partition coefficient (Wildman–Crippen LogP) is 4.41. The number of nitrogens with zero attached hydrogens (tertiary/aromatic N) is 2. The van der Waals surface area contributed by atoms with Crippen LogP contribution in [0.1, 0.15) is 23.6 Å². The Balaban J connectivity index is 2.15. The molecule has 0 bridgehead atoms. The molecule has 0 fully saturated rings. The Hall–Kier alpha value is -2.81. The first-order valence-electron chi connectivity index (χ1n) is 6.38. The Bertz CT molecular complexity index is 726. The van der Waals surface area contributed by atoms with E-state index in [1.165, 1.54) is 12.1 Å². The van der Waals surface area contributed by atoms with Gasteiger partial charge in [0.2, 0.25) is 0 Å². The molecule has 0 unspecified atom stereocenters. The summed E-state index contributed by atoms with van der Waals surface area (Å²) < 4.78 is 37.8. The third-order valence-corrected chi connectivity index (χ3v) is 2.97. The summed E-state index contributed by atoms with van der Waals surface area (Å²) in [6.07, 6.45) is -4.39. The van der Waals surface area contributed by atoms with Crippen molar-refractivity contribution in [2.24, 2.45) is 5.10 Å². The van der Waals surface area contributed by atoms with E-state index in [9.17, 15) is 13.2 Å². The monoisotopic (exact) mass is 303 g/mol. The van der Waals surface area contributed by atoms with E-state index in [1.54, 1.807) is 31.2 Å². The van der Waals surface area contributed by atoms with Crippen LogP contribution >= 0.6 is 0 Å². The molecule has 0 atom stereocenters. The Labute approximate surface area is 125 Å². The van der Waals surface area contributed by atoms with Gasteiger partial charge in [-0.25, -0.2) is 0 Å². The number of halogens is 3. The van der Waals surface area contributed by atoms with Crippen LogP contribution in [0.25, 0.3) is 0 Å². The second-order valence-electron chi connectivity index (χ2n) is 4.58. The number of hydrogen-bond donors (Lipinski definition) is 1. The molecule has 0 aliphatic carbocycles. The van der Waals surface area contributed by atoms with Crippen molar-refractivity contribution in [3.8, 4) is 6.07 Å². The summed E-state index contributed by atoms with van der Waals surface area (Å²) >= 11 is 0. The van der Waals surface area contributed by atoms with Gasteiger partial charge in [0.25, 0.3) is 0 Å². The van der Waals surface area contributed by atoms with Gasteiger partial charge >= 0.3 is 6.18 Å². The summed E-state index contributed by atoms with van der Waals surface area (Å²) in [7, 11) is 0. The fraction of sp³-hybridized carbons (Fsp3) is 0.125. The van der Waals surface area contributed by atoms with E-state index in [-0.39, 0.29) is 5.69 Å². The lowest BCUT2D eigenvalue weighted by molar-refractivity contribution is -0.137. The van der Waals surface area contributed by atoms with Gasteiger partial charge in [-0.15, -0.1) is 0 Å². The topological polar surface area (TPSA) is 48.2 Å². The van der Waals surface area contributed by atoms with Crippen molar-refractivity contribution in [3.63, 3.8) is 0 Å². The van der Waals surface area contributed by atoms with Crippen molar-refractivity contribution in [2.45, 2.75) is 13.1 Å². The number of nitrogens with one attached hydrogen (secondary N) is 1. The third kappa shape index (κ3) is 3.85. The van der Waals surface area contributed by atoms with E-state index < -0.39 is 11.7 Å². The third-order valence-electron chi connectivity index (χ3n) is 2.97. The largest absolute Gasteiger partial charge is 0.416 e. The van der Waals surface area contributed by atoms with Gasteiger partial charge in [0.05, 0.1) is 28.6 Å². The molecule has 0 aliphatic heterocycles. The summed E-state index contributed by atoms with van der Waals surface area (Å²) in [6, 6.07) is 13.6. The quantitative estimate of drug-likeness (QED) is 0.674. The Morgan fingerprint density at radius 3 is 2.41 bits per heavy atom. The summed E-state index contributed by atoms with van der Waals surface area (Å²) in [5.74, 6) is 0. The van der Waals surface area contributed by atoms with Gasteiger partial charge in [-0.1, -0.05) is 18.2 Å². The highest BCUT2D eigenvalue weighted by molar-refractivity contribution is 5.99. The highest BCUT2D eigenvalue weighted by atomic mass is 19.4. The Morgan fingerprint density at radius 1 is 1.14 bits per heavy atom. The van der Waals surface area contributed by atoms with Gasteiger partial charge in [0, 0.05) is 0 Å². The molecule has 0 saturated carbocycles. The molecule has 2 rings (SSSR count). The average molecular weight is 303 g/mol. The minimum absolute atomic E-state index is 0.253. The van der Waals surface area contributed by atoms with Gasteiger partial charge in [0.15, 0.2) is 0 Å². The fourth-order valence-electron chi connectivity index (χ4n) is 1.76. The molecule has 112 valence electrons. The Kier molecular flexibility index (Phi) is 4.47. The standard InChI is InChI=1S/C16H12F3N3/c1-11(13-7-5-12(10-20)6-8-13)21-22-15-4-2-3-14(9-15)16(17,18)19/h2-9,22H,1H3/b21-11+. The number of rotatable bonds is 3. The molecular weight excluding hydrogens is 291 g/mol. The van der Waals surface area contributed by atoms with E-state index in [1.807, 2.05) is 6.07 Å². The normalized spacial score (nSPS) is 11.9. The number of anilines is 1. The van der Waals surface area contributed by atoms with Crippen LogP contribution in [0.5, 0.6) is 0 Å². The molecule has 0 saturated heterocycles.